The molecule has 2 aromatic rings. The van der Waals surface area contributed by atoms with Crippen molar-refractivity contribution in [3.05, 3.63) is 47.5 Å². The minimum Gasteiger partial charge on any atom is -0.377 e. The van der Waals surface area contributed by atoms with Crippen LogP contribution in [0.2, 0.25) is 0 Å². The molecule has 0 aliphatic carbocycles. The van der Waals surface area contributed by atoms with Gasteiger partial charge in [0, 0.05) is 13.2 Å². The zero-order valence-electron chi connectivity index (χ0n) is 12.2. The Balaban J connectivity index is 1.97. The molecular weight excluding hydrogens is 340 g/mol. The van der Waals surface area contributed by atoms with Gasteiger partial charge in [0.15, 0.2) is 0 Å². The molecule has 2 rings (SSSR count). The molecule has 0 bridgehead atoms. The van der Waals surface area contributed by atoms with E-state index in [9.17, 15) is 26.3 Å². The van der Waals surface area contributed by atoms with Gasteiger partial charge in [-0.25, -0.2) is 0 Å². The summed E-state index contributed by atoms with van der Waals surface area (Å²) in [7, 11) is 0. The highest BCUT2D eigenvalue weighted by Crippen LogP contribution is 2.33. The first-order valence-electron chi connectivity index (χ1n) is 6.89. The number of halogens is 6. The van der Waals surface area contributed by atoms with Crippen LogP contribution in [-0.2, 0) is 30.2 Å². The molecular formula is C14H13F6N3O. The molecule has 0 N–H and O–H groups in total. The topological polar surface area (TPSA) is 39.9 Å². The van der Waals surface area contributed by atoms with Crippen LogP contribution in [0.1, 0.15) is 23.6 Å². The zero-order chi connectivity index (χ0) is 17.8. The summed E-state index contributed by atoms with van der Waals surface area (Å²) < 4.78 is 81.6. The number of aromatic nitrogens is 3. The first kappa shape index (κ1) is 18.2. The number of alkyl halides is 6. The van der Waals surface area contributed by atoms with Crippen molar-refractivity contribution >= 4 is 0 Å². The van der Waals surface area contributed by atoms with E-state index >= 15 is 0 Å². The largest absolute Gasteiger partial charge is 0.451 e. The molecule has 0 radical (unpaired) electrons. The van der Waals surface area contributed by atoms with E-state index in [1.807, 2.05) is 6.07 Å². The summed E-state index contributed by atoms with van der Waals surface area (Å²) in [5, 5.41) is 5.25. The van der Waals surface area contributed by atoms with E-state index in [1.165, 1.54) is 0 Å². The van der Waals surface area contributed by atoms with Gasteiger partial charge in [-0.05, 0) is 12.0 Å². The van der Waals surface area contributed by atoms with Gasteiger partial charge in [0.05, 0.1) is 6.61 Å². The molecule has 0 unspecified atom stereocenters. The van der Waals surface area contributed by atoms with Crippen molar-refractivity contribution in [1.82, 2.24) is 14.8 Å². The highest BCUT2D eigenvalue weighted by molar-refractivity contribution is 5.13. The Morgan fingerprint density at radius 1 is 0.875 bits per heavy atom. The van der Waals surface area contributed by atoms with Gasteiger partial charge in [-0.2, -0.15) is 26.3 Å². The molecule has 0 amide bonds. The summed E-state index contributed by atoms with van der Waals surface area (Å²) in [5.74, 6) is -3.34. The summed E-state index contributed by atoms with van der Waals surface area (Å²) in [4.78, 5) is 0. The van der Waals surface area contributed by atoms with Crippen molar-refractivity contribution in [2.24, 2.45) is 0 Å². The van der Waals surface area contributed by atoms with E-state index in [0.717, 1.165) is 5.56 Å². The second-order valence-electron chi connectivity index (χ2n) is 4.89. The fourth-order valence-electron chi connectivity index (χ4n) is 2.02. The standard InChI is InChI=1S/C14H13F6N3O/c15-13(16,17)11-21-22-12(14(18,19)20)23(11)7-4-8-24-9-10-5-2-1-3-6-10/h1-3,5-6H,4,7-9H2. The second-order valence-corrected chi connectivity index (χ2v) is 4.89. The first-order valence-corrected chi connectivity index (χ1v) is 6.89. The van der Waals surface area contributed by atoms with E-state index in [0.29, 0.717) is 0 Å². The van der Waals surface area contributed by atoms with Crippen molar-refractivity contribution in [3.63, 3.8) is 0 Å². The van der Waals surface area contributed by atoms with E-state index in [1.54, 1.807) is 24.3 Å². The monoisotopic (exact) mass is 353 g/mol. The molecule has 0 saturated carbocycles. The third-order valence-corrected chi connectivity index (χ3v) is 3.04. The summed E-state index contributed by atoms with van der Waals surface area (Å²) in [6, 6.07) is 8.99. The van der Waals surface area contributed by atoms with Crippen molar-refractivity contribution in [2.45, 2.75) is 31.9 Å². The van der Waals surface area contributed by atoms with Crippen molar-refractivity contribution < 1.29 is 31.1 Å². The Hall–Kier alpha value is -2.10. The number of hydrogen-bond acceptors (Lipinski definition) is 3. The molecule has 1 aromatic heterocycles. The van der Waals surface area contributed by atoms with E-state index in [-0.39, 0.29) is 24.2 Å². The van der Waals surface area contributed by atoms with Crippen LogP contribution in [0.15, 0.2) is 30.3 Å². The van der Waals surface area contributed by atoms with Crippen LogP contribution in [0, 0.1) is 0 Å². The van der Waals surface area contributed by atoms with Crippen LogP contribution < -0.4 is 0 Å². The highest BCUT2D eigenvalue weighted by atomic mass is 19.4. The molecule has 10 heteroatoms. The number of ether oxygens (including phenoxy) is 1. The Morgan fingerprint density at radius 3 is 1.92 bits per heavy atom. The normalized spacial score (nSPS) is 12.6. The quantitative estimate of drug-likeness (QED) is 0.584. The van der Waals surface area contributed by atoms with Gasteiger partial charge in [-0.1, -0.05) is 30.3 Å². The molecule has 4 nitrogen and oxygen atoms in total. The molecule has 132 valence electrons. The molecule has 0 fully saturated rings. The fraction of sp³-hybridized carbons (Fsp3) is 0.429. The number of nitrogens with zero attached hydrogens (tertiary/aromatic N) is 3. The third kappa shape index (κ3) is 4.70. The van der Waals surface area contributed by atoms with E-state index < -0.39 is 30.5 Å². The lowest BCUT2D eigenvalue weighted by molar-refractivity contribution is -0.155. The molecule has 0 aliphatic rings. The van der Waals surface area contributed by atoms with Crippen LogP contribution in [0.3, 0.4) is 0 Å². The maximum Gasteiger partial charge on any atom is 0.451 e. The molecule has 0 atom stereocenters. The van der Waals surface area contributed by atoms with Gasteiger partial charge in [-0.15, -0.1) is 10.2 Å². The van der Waals surface area contributed by atoms with Crippen LogP contribution in [0.5, 0.6) is 0 Å². The molecule has 0 saturated heterocycles. The summed E-state index contributed by atoms with van der Waals surface area (Å²) in [5.41, 5.74) is 0.855. The van der Waals surface area contributed by atoms with Gasteiger partial charge < -0.3 is 4.74 Å². The molecule has 1 heterocycles. The van der Waals surface area contributed by atoms with Crippen LogP contribution in [-0.4, -0.2) is 21.4 Å². The lowest BCUT2D eigenvalue weighted by atomic mass is 10.2. The fourth-order valence-corrected chi connectivity index (χ4v) is 2.02. The van der Waals surface area contributed by atoms with Crippen LogP contribution >= 0.6 is 0 Å². The average Bonchev–Trinajstić information content (AvgIpc) is 2.92. The third-order valence-electron chi connectivity index (χ3n) is 3.04. The number of rotatable bonds is 6. The lowest BCUT2D eigenvalue weighted by Gasteiger charge is -2.13. The van der Waals surface area contributed by atoms with E-state index in [4.69, 9.17) is 4.74 Å². The Bertz CT molecular complexity index is 619. The van der Waals surface area contributed by atoms with Crippen molar-refractivity contribution in [3.8, 4) is 0 Å². The first-order chi connectivity index (χ1) is 11.2. The van der Waals surface area contributed by atoms with E-state index in [2.05, 4.69) is 10.2 Å². The van der Waals surface area contributed by atoms with Crippen LogP contribution in [0.4, 0.5) is 26.3 Å². The number of hydrogen-bond donors (Lipinski definition) is 0. The predicted molar refractivity (Wildman–Crippen MR) is 70.7 cm³/mol. The Labute approximate surface area is 133 Å². The lowest BCUT2D eigenvalue weighted by Crippen LogP contribution is -2.21. The minimum absolute atomic E-state index is 0.00166. The van der Waals surface area contributed by atoms with Gasteiger partial charge in [0.2, 0.25) is 11.6 Å². The summed E-state index contributed by atoms with van der Waals surface area (Å²) >= 11 is 0. The van der Waals surface area contributed by atoms with Crippen molar-refractivity contribution in [1.29, 1.82) is 0 Å². The zero-order valence-corrected chi connectivity index (χ0v) is 12.2. The van der Waals surface area contributed by atoms with Gasteiger partial charge in [0.1, 0.15) is 0 Å². The summed E-state index contributed by atoms with van der Waals surface area (Å²) in [6.07, 6.45) is -10.1. The summed E-state index contributed by atoms with van der Waals surface area (Å²) in [6.45, 7) is -0.325. The maximum atomic E-state index is 12.7. The molecule has 24 heavy (non-hydrogen) atoms. The van der Waals surface area contributed by atoms with Crippen LogP contribution in [0.25, 0.3) is 0 Å². The Kier molecular flexibility index (Phi) is 5.47. The molecule has 0 aliphatic heterocycles. The second kappa shape index (κ2) is 7.20. The van der Waals surface area contributed by atoms with Gasteiger partial charge >= 0.3 is 12.4 Å². The number of benzene rings is 1. The average molecular weight is 353 g/mol. The molecule has 1 aromatic carbocycles. The minimum atomic E-state index is -5.01. The predicted octanol–water partition coefficient (Wildman–Crippen LogP) is 3.92. The highest BCUT2D eigenvalue weighted by Gasteiger charge is 2.44. The smallest absolute Gasteiger partial charge is 0.377 e. The van der Waals surface area contributed by atoms with Gasteiger partial charge in [-0.3, -0.25) is 4.57 Å². The Morgan fingerprint density at radius 2 is 1.42 bits per heavy atom. The SMILES string of the molecule is FC(F)(F)c1nnc(C(F)(F)F)n1CCCOCc1ccccc1. The van der Waals surface area contributed by atoms with Crippen molar-refractivity contribution in [2.75, 3.05) is 6.61 Å². The molecule has 0 spiro atoms. The van der Waals surface area contributed by atoms with Gasteiger partial charge in [0.25, 0.3) is 0 Å². The maximum absolute atomic E-state index is 12.7.